The minimum atomic E-state index is -0.794. The van der Waals surface area contributed by atoms with Gasteiger partial charge in [-0.1, -0.05) is 19.3 Å². The molecule has 2 aliphatic heterocycles. The summed E-state index contributed by atoms with van der Waals surface area (Å²) in [6.45, 7) is 1.44. The summed E-state index contributed by atoms with van der Waals surface area (Å²) in [4.78, 5) is 55.2. The van der Waals surface area contributed by atoms with Crippen molar-refractivity contribution in [2.75, 3.05) is 26.2 Å². The third-order valence-corrected chi connectivity index (χ3v) is 6.97. The Hall–Kier alpha value is -2.84. The first-order chi connectivity index (χ1) is 15.5. The number of nitrogens with zero attached hydrogens (tertiary/aromatic N) is 3. The molecular weight excluding hydrogens is 410 g/mol. The number of hydrogen-bond donors (Lipinski definition) is 2. The third-order valence-electron chi connectivity index (χ3n) is 6.97. The molecule has 4 amide bonds. The zero-order valence-corrected chi connectivity index (χ0v) is 18.7. The molecule has 2 saturated heterocycles. The first-order valence-electron chi connectivity index (χ1n) is 11.7. The molecule has 1 aliphatic carbocycles. The van der Waals surface area contributed by atoms with Crippen molar-refractivity contribution in [3.8, 4) is 0 Å². The van der Waals surface area contributed by atoms with Gasteiger partial charge in [-0.25, -0.2) is 0 Å². The summed E-state index contributed by atoms with van der Waals surface area (Å²) in [6.07, 6.45) is 8.08. The second kappa shape index (κ2) is 9.75. The summed E-state index contributed by atoms with van der Waals surface area (Å²) in [5.41, 5.74) is 0.544. The van der Waals surface area contributed by atoms with Gasteiger partial charge in [0.15, 0.2) is 0 Å². The van der Waals surface area contributed by atoms with E-state index in [1.807, 2.05) is 19.3 Å². The van der Waals surface area contributed by atoms with Gasteiger partial charge >= 0.3 is 0 Å². The van der Waals surface area contributed by atoms with Crippen molar-refractivity contribution in [3.05, 3.63) is 24.0 Å². The first kappa shape index (κ1) is 22.4. The molecule has 0 radical (unpaired) electrons. The second-order valence-corrected chi connectivity index (χ2v) is 9.13. The summed E-state index contributed by atoms with van der Waals surface area (Å²) < 4.78 is 1.75. The largest absolute Gasteiger partial charge is 0.354 e. The lowest BCUT2D eigenvalue weighted by atomic mass is 9.87. The highest BCUT2D eigenvalue weighted by atomic mass is 16.2. The fourth-order valence-corrected chi connectivity index (χ4v) is 5.06. The van der Waals surface area contributed by atoms with E-state index in [-0.39, 0.29) is 36.1 Å². The Bertz CT molecular complexity index is 875. The number of aromatic nitrogens is 1. The molecule has 3 aliphatic rings. The molecule has 1 saturated carbocycles. The highest BCUT2D eigenvalue weighted by molar-refractivity contribution is 5.96. The normalized spacial score (nSPS) is 24.7. The zero-order chi connectivity index (χ0) is 22.7. The van der Waals surface area contributed by atoms with E-state index in [1.165, 1.54) is 0 Å². The standard InChI is InChI=1S/C23H33N5O4/c1-26-12-6-10-18(26)23(32)27-13-14-28(22(31)16-7-3-2-4-8-16)19(15-27)21(30)25-17-9-5-11-24-20(17)29/h6,10,12,16-17,19H,2-5,7-9,11,13-15H2,1H3,(H,24,29)(H,25,30). The highest BCUT2D eigenvalue weighted by Gasteiger charge is 2.41. The molecule has 9 heteroatoms. The molecule has 174 valence electrons. The third kappa shape index (κ3) is 4.66. The van der Waals surface area contributed by atoms with Gasteiger partial charge in [0.05, 0.1) is 6.54 Å². The fourth-order valence-electron chi connectivity index (χ4n) is 5.06. The van der Waals surface area contributed by atoms with Crippen molar-refractivity contribution >= 4 is 23.6 Å². The van der Waals surface area contributed by atoms with Gasteiger partial charge in [0.2, 0.25) is 17.7 Å². The number of piperazine rings is 1. The first-order valence-corrected chi connectivity index (χ1v) is 11.7. The average molecular weight is 444 g/mol. The van der Waals surface area contributed by atoms with Gasteiger partial charge in [-0.3, -0.25) is 19.2 Å². The molecular formula is C23H33N5O4. The van der Waals surface area contributed by atoms with Crippen LogP contribution in [0.2, 0.25) is 0 Å². The summed E-state index contributed by atoms with van der Waals surface area (Å²) >= 11 is 0. The quantitative estimate of drug-likeness (QED) is 0.713. The number of hydrogen-bond acceptors (Lipinski definition) is 4. The summed E-state index contributed by atoms with van der Waals surface area (Å²) in [7, 11) is 1.81. The molecule has 0 spiro atoms. The van der Waals surface area contributed by atoms with Crippen LogP contribution in [-0.2, 0) is 21.4 Å². The molecule has 3 heterocycles. The number of carbonyl (C=O) groups is 4. The van der Waals surface area contributed by atoms with Crippen LogP contribution in [0.5, 0.6) is 0 Å². The molecule has 2 N–H and O–H groups in total. The van der Waals surface area contributed by atoms with Gasteiger partial charge in [0, 0.05) is 38.8 Å². The van der Waals surface area contributed by atoms with Crippen molar-refractivity contribution in [1.29, 1.82) is 0 Å². The number of aryl methyl sites for hydroxylation is 1. The molecule has 2 unspecified atom stereocenters. The minimum Gasteiger partial charge on any atom is -0.354 e. The van der Waals surface area contributed by atoms with Gasteiger partial charge in [0.25, 0.3) is 5.91 Å². The van der Waals surface area contributed by atoms with Gasteiger partial charge in [-0.05, 0) is 37.8 Å². The Labute approximate surface area is 188 Å². The van der Waals surface area contributed by atoms with Crippen LogP contribution in [-0.4, -0.2) is 76.3 Å². The number of piperidine rings is 1. The predicted octanol–water partition coefficient (Wildman–Crippen LogP) is 0.653. The fraction of sp³-hybridized carbons (Fsp3) is 0.652. The molecule has 9 nitrogen and oxygen atoms in total. The van der Waals surface area contributed by atoms with Crippen LogP contribution in [0.4, 0.5) is 0 Å². The highest BCUT2D eigenvalue weighted by Crippen LogP contribution is 2.27. The topological polar surface area (TPSA) is 104 Å². The van der Waals surface area contributed by atoms with E-state index < -0.39 is 12.1 Å². The Morgan fingerprint density at radius 1 is 1.06 bits per heavy atom. The van der Waals surface area contributed by atoms with E-state index in [0.717, 1.165) is 38.5 Å². The summed E-state index contributed by atoms with van der Waals surface area (Å²) in [6, 6.07) is 2.17. The van der Waals surface area contributed by atoms with Crippen LogP contribution < -0.4 is 10.6 Å². The van der Waals surface area contributed by atoms with Crippen molar-refractivity contribution < 1.29 is 19.2 Å². The number of rotatable bonds is 4. The van der Waals surface area contributed by atoms with Crippen LogP contribution in [0.3, 0.4) is 0 Å². The average Bonchev–Trinajstić information content (AvgIpc) is 3.25. The van der Waals surface area contributed by atoms with Crippen molar-refractivity contribution in [2.45, 2.75) is 57.0 Å². The van der Waals surface area contributed by atoms with E-state index in [9.17, 15) is 19.2 Å². The van der Waals surface area contributed by atoms with E-state index in [2.05, 4.69) is 10.6 Å². The van der Waals surface area contributed by atoms with Gasteiger partial charge in [-0.15, -0.1) is 0 Å². The monoisotopic (exact) mass is 443 g/mol. The molecule has 1 aromatic rings. The Morgan fingerprint density at radius 2 is 1.84 bits per heavy atom. The lowest BCUT2D eigenvalue weighted by Crippen LogP contribution is -2.64. The molecule has 0 bridgehead atoms. The molecule has 4 rings (SSSR count). The molecule has 2 atom stereocenters. The van der Waals surface area contributed by atoms with Crippen molar-refractivity contribution in [1.82, 2.24) is 25.0 Å². The Morgan fingerprint density at radius 3 is 2.53 bits per heavy atom. The Kier molecular flexibility index (Phi) is 6.81. The lowest BCUT2D eigenvalue weighted by Gasteiger charge is -2.42. The summed E-state index contributed by atoms with van der Waals surface area (Å²) in [5.74, 6) is -0.769. The van der Waals surface area contributed by atoms with E-state index >= 15 is 0 Å². The van der Waals surface area contributed by atoms with Crippen molar-refractivity contribution in [2.24, 2.45) is 13.0 Å². The van der Waals surface area contributed by atoms with Gasteiger partial charge in [0.1, 0.15) is 17.8 Å². The SMILES string of the molecule is Cn1cccc1C(=O)N1CCN(C(=O)C2CCCCC2)C(C(=O)NC2CCCNC2=O)C1. The van der Waals surface area contributed by atoms with E-state index in [0.29, 0.717) is 31.7 Å². The number of carbonyl (C=O) groups excluding carboxylic acids is 4. The van der Waals surface area contributed by atoms with Crippen LogP contribution in [0, 0.1) is 5.92 Å². The molecule has 32 heavy (non-hydrogen) atoms. The predicted molar refractivity (Wildman–Crippen MR) is 118 cm³/mol. The number of amides is 4. The molecule has 3 fully saturated rings. The Balaban J connectivity index is 1.52. The second-order valence-electron chi connectivity index (χ2n) is 9.13. The zero-order valence-electron chi connectivity index (χ0n) is 18.7. The van der Waals surface area contributed by atoms with Gasteiger partial charge in [-0.2, -0.15) is 0 Å². The number of nitrogens with one attached hydrogen (secondary N) is 2. The molecule has 1 aromatic heterocycles. The van der Waals surface area contributed by atoms with Crippen LogP contribution >= 0.6 is 0 Å². The summed E-state index contributed by atoms with van der Waals surface area (Å²) in [5, 5.41) is 5.62. The lowest BCUT2D eigenvalue weighted by molar-refractivity contribution is -0.148. The van der Waals surface area contributed by atoms with Crippen LogP contribution in [0.25, 0.3) is 0 Å². The van der Waals surface area contributed by atoms with E-state index in [4.69, 9.17) is 0 Å². The van der Waals surface area contributed by atoms with Crippen LogP contribution in [0.1, 0.15) is 55.4 Å². The van der Waals surface area contributed by atoms with Crippen LogP contribution in [0.15, 0.2) is 18.3 Å². The maximum absolute atomic E-state index is 13.3. The molecule has 0 aromatic carbocycles. The smallest absolute Gasteiger partial charge is 0.270 e. The minimum absolute atomic E-state index is 0.00362. The van der Waals surface area contributed by atoms with Crippen molar-refractivity contribution in [3.63, 3.8) is 0 Å². The maximum atomic E-state index is 13.3. The van der Waals surface area contributed by atoms with Gasteiger partial charge < -0.3 is 25.0 Å². The van der Waals surface area contributed by atoms with E-state index in [1.54, 1.807) is 20.4 Å². The maximum Gasteiger partial charge on any atom is 0.270 e.